The molecule has 5 nitrogen and oxygen atoms in total. The van der Waals surface area contributed by atoms with Crippen molar-refractivity contribution in [3.8, 4) is 5.75 Å². The number of hydrogen-bond acceptors (Lipinski definition) is 4. The first-order chi connectivity index (χ1) is 12.9. The van der Waals surface area contributed by atoms with Crippen LogP contribution in [0, 0.1) is 22.7 Å². The standard InChI is InChI=1S/C22H31NO4/c1-14(25)23-20-21(2,3)16-12-18-19(27-10-8-22(18,20)13-16)15-4-6-17(7-5-15)26-11-9-24/h4-7,16,18-20,24H,8-13H2,1-3H3,(H,23,25)/t16-,18-,19-,20-,22-/m1/s1. The molecular weight excluding hydrogens is 342 g/mol. The average Bonchev–Trinajstić information content (AvgIpc) is 3.13. The Morgan fingerprint density at radius 1 is 1.33 bits per heavy atom. The molecule has 1 spiro atoms. The van der Waals surface area contributed by atoms with Gasteiger partial charge in [0.15, 0.2) is 0 Å². The fourth-order valence-electron chi connectivity index (χ4n) is 6.24. The maximum atomic E-state index is 11.9. The number of nitrogens with one attached hydrogen (secondary N) is 1. The molecule has 1 heterocycles. The van der Waals surface area contributed by atoms with Crippen LogP contribution in [0.2, 0.25) is 0 Å². The maximum Gasteiger partial charge on any atom is 0.217 e. The van der Waals surface area contributed by atoms with E-state index in [0.717, 1.165) is 25.2 Å². The predicted molar refractivity (Wildman–Crippen MR) is 102 cm³/mol. The Kier molecular flexibility index (Phi) is 4.71. The Hall–Kier alpha value is -1.59. The van der Waals surface area contributed by atoms with Crippen LogP contribution in [-0.2, 0) is 9.53 Å². The van der Waals surface area contributed by atoms with Gasteiger partial charge < -0.3 is 19.9 Å². The van der Waals surface area contributed by atoms with Crippen molar-refractivity contribution in [1.82, 2.24) is 5.32 Å². The normalized spacial score (nSPS) is 36.3. The number of carbonyl (C=O) groups is 1. The van der Waals surface area contributed by atoms with Gasteiger partial charge in [-0.05, 0) is 59.6 Å². The zero-order chi connectivity index (χ0) is 19.2. The summed E-state index contributed by atoms with van der Waals surface area (Å²) in [5, 5.41) is 12.2. The van der Waals surface area contributed by atoms with Crippen LogP contribution in [0.3, 0.4) is 0 Å². The molecule has 0 aromatic heterocycles. The van der Waals surface area contributed by atoms with E-state index in [-0.39, 0.29) is 35.5 Å². The van der Waals surface area contributed by atoms with Crippen LogP contribution in [0.15, 0.2) is 24.3 Å². The molecule has 2 bridgehead atoms. The van der Waals surface area contributed by atoms with Crippen LogP contribution in [0.5, 0.6) is 5.75 Å². The minimum atomic E-state index is 0.0137. The monoisotopic (exact) mass is 373 g/mol. The molecule has 5 heteroatoms. The summed E-state index contributed by atoms with van der Waals surface area (Å²) in [5.41, 5.74) is 1.45. The highest BCUT2D eigenvalue weighted by Crippen LogP contribution is 2.70. The van der Waals surface area contributed by atoms with Crippen LogP contribution in [0.1, 0.15) is 51.7 Å². The minimum absolute atomic E-state index is 0.0137. The van der Waals surface area contributed by atoms with E-state index in [1.807, 2.05) is 12.1 Å². The van der Waals surface area contributed by atoms with E-state index in [4.69, 9.17) is 14.6 Å². The summed E-state index contributed by atoms with van der Waals surface area (Å²) in [4.78, 5) is 11.9. The first kappa shape index (κ1) is 18.8. The third-order valence-electron chi connectivity index (χ3n) is 7.42. The van der Waals surface area contributed by atoms with Gasteiger partial charge in [-0.15, -0.1) is 0 Å². The van der Waals surface area contributed by atoms with E-state index in [9.17, 15) is 4.79 Å². The van der Waals surface area contributed by atoms with Crippen LogP contribution >= 0.6 is 0 Å². The second-order valence-electron chi connectivity index (χ2n) is 9.11. The lowest BCUT2D eigenvalue weighted by molar-refractivity contribution is -0.136. The molecule has 1 amide bonds. The summed E-state index contributed by atoms with van der Waals surface area (Å²) in [6.07, 6.45) is 3.45. The van der Waals surface area contributed by atoms with Crippen LogP contribution in [0.4, 0.5) is 0 Å². The van der Waals surface area contributed by atoms with Crippen LogP contribution in [-0.4, -0.2) is 36.9 Å². The molecule has 4 rings (SSSR count). The summed E-state index contributed by atoms with van der Waals surface area (Å²) in [5.74, 6) is 1.90. The maximum absolute atomic E-state index is 11.9. The highest BCUT2D eigenvalue weighted by molar-refractivity contribution is 5.73. The molecular formula is C22H31NO4. The van der Waals surface area contributed by atoms with Crippen molar-refractivity contribution in [2.24, 2.45) is 22.7 Å². The SMILES string of the molecule is CC(=O)N[C@@H]1C(C)(C)[C@@H]2C[C@@H]3[C@@H](c4ccc(OCCO)cc4)OCC[C@@]31C2. The number of aliphatic hydroxyl groups excluding tert-OH is 1. The number of carbonyl (C=O) groups excluding carboxylic acids is 1. The highest BCUT2D eigenvalue weighted by Gasteiger charge is 2.68. The summed E-state index contributed by atoms with van der Waals surface area (Å²) < 4.78 is 11.8. The topological polar surface area (TPSA) is 67.8 Å². The smallest absolute Gasteiger partial charge is 0.217 e. The Bertz CT molecular complexity index is 701. The fourth-order valence-corrected chi connectivity index (χ4v) is 6.24. The van der Waals surface area contributed by atoms with Crippen LogP contribution < -0.4 is 10.1 Å². The van der Waals surface area contributed by atoms with Gasteiger partial charge in [-0.25, -0.2) is 0 Å². The van der Waals surface area contributed by atoms with Crippen molar-refractivity contribution in [3.63, 3.8) is 0 Å². The Labute approximate surface area is 161 Å². The third-order valence-corrected chi connectivity index (χ3v) is 7.42. The van der Waals surface area contributed by atoms with Crippen molar-refractivity contribution >= 4 is 5.91 Å². The Morgan fingerprint density at radius 3 is 2.74 bits per heavy atom. The molecule has 0 radical (unpaired) electrons. The molecule has 27 heavy (non-hydrogen) atoms. The lowest BCUT2D eigenvalue weighted by Crippen LogP contribution is -2.58. The Morgan fingerprint density at radius 2 is 2.07 bits per heavy atom. The molecule has 0 unspecified atom stereocenters. The molecule has 3 aliphatic rings. The van der Waals surface area contributed by atoms with E-state index in [0.29, 0.717) is 18.4 Å². The third kappa shape index (κ3) is 2.95. The largest absolute Gasteiger partial charge is 0.491 e. The molecule has 1 saturated heterocycles. The molecule has 3 fully saturated rings. The lowest BCUT2D eigenvalue weighted by Gasteiger charge is -2.53. The van der Waals surface area contributed by atoms with Gasteiger partial charge in [0.25, 0.3) is 0 Å². The minimum Gasteiger partial charge on any atom is -0.491 e. The highest BCUT2D eigenvalue weighted by atomic mass is 16.5. The number of amides is 1. The average molecular weight is 373 g/mol. The molecule has 2 saturated carbocycles. The molecule has 2 N–H and O–H groups in total. The fraction of sp³-hybridized carbons (Fsp3) is 0.682. The van der Waals surface area contributed by atoms with Crippen molar-refractivity contribution < 1.29 is 19.4 Å². The summed E-state index contributed by atoms with van der Waals surface area (Å²) in [6, 6.07) is 8.29. The zero-order valence-electron chi connectivity index (χ0n) is 16.5. The zero-order valence-corrected chi connectivity index (χ0v) is 16.5. The van der Waals surface area contributed by atoms with Gasteiger partial charge in [0.1, 0.15) is 12.4 Å². The summed E-state index contributed by atoms with van der Waals surface area (Å²) in [7, 11) is 0. The van der Waals surface area contributed by atoms with Gasteiger partial charge in [0.2, 0.25) is 5.91 Å². The van der Waals surface area contributed by atoms with Gasteiger partial charge in [0, 0.05) is 19.6 Å². The Balaban J connectivity index is 1.60. The lowest BCUT2D eigenvalue weighted by atomic mass is 9.59. The van der Waals surface area contributed by atoms with Crippen molar-refractivity contribution in [1.29, 1.82) is 0 Å². The molecule has 1 aromatic rings. The molecule has 2 aliphatic carbocycles. The quantitative estimate of drug-likeness (QED) is 0.832. The van der Waals surface area contributed by atoms with Crippen molar-refractivity contribution in [2.75, 3.05) is 19.8 Å². The van der Waals surface area contributed by atoms with Gasteiger partial charge in [-0.3, -0.25) is 4.79 Å². The second kappa shape index (κ2) is 6.78. The molecule has 5 atom stereocenters. The van der Waals surface area contributed by atoms with Gasteiger partial charge >= 0.3 is 0 Å². The summed E-state index contributed by atoms with van der Waals surface area (Å²) in [6.45, 7) is 7.33. The first-order valence-corrected chi connectivity index (χ1v) is 10.1. The van der Waals surface area contributed by atoms with E-state index in [1.165, 1.54) is 12.0 Å². The summed E-state index contributed by atoms with van der Waals surface area (Å²) >= 11 is 0. The predicted octanol–water partition coefficient (Wildman–Crippen LogP) is 3.08. The molecule has 148 valence electrons. The van der Waals surface area contributed by atoms with Gasteiger partial charge in [-0.1, -0.05) is 26.0 Å². The first-order valence-electron chi connectivity index (χ1n) is 10.1. The number of benzene rings is 1. The number of rotatable bonds is 5. The number of hydrogen-bond donors (Lipinski definition) is 2. The second-order valence-corrected chi connectivity index (χ2v) is 9.11. The van der Waals surface area contributed by atoms with Crippen molar-refractivity contribution in [3.05, 3.63) is 29.8 Å². The van der Waals surface area contributed by atoms with Crippen LogP contribution in [0.25, 0.3) is 0 Å². The molecule has 1 aromatic carbocycles. The van der Waals surface area contributed by atoms with E-state index < -0.39 is 0 Å². The molecule has 1 aliphatic heterocycles. The number of aliphatic hydroxyl groups is 1. The van der Waals surface area contributed by atoms with E-state index in [2.05, 4.69) is 31.3 Å². The van der Waals surface area contributed by atoms with E-state index in [1.54, 1.807) is 6.92 Å². The number of fused-ring (bicyclic) bond motifs is 1. The van der Waals surface area contributed by atoms with Gasteiger partial charge in [0.05, 0.1) is 12.7 Å². The number of ether oxygens (including phenoxy) is 2. The van der Waals surface area contributed by atoms with E-state index >= 15 is 0 Å². The van der Waals surface area contributed by atoms with Gasteiger partial charge in [-0.2, -0.15) is 0 Å². The van der Waals surface area contributed by atoms with Crippen molar-refractivity contribution in [2.45, 2.75) is 52.2 Å².